The Morgan fingerprint density at radius 2 is 1.74 bits per heavy atom. The fourth-order valence-electron chi connectivity index (χ4n) is 2.44. The van der Waals surface area contributed by atoms with Gasteiger partial charge in [-0.15, -0.1) is 0 Å². The molecule has 27 heavy (non-hydrogen) atoms. The zero-order chi connectivity index (χ0) is 19.6. The number of pyridine rings is 1. The number of carbonyl (C=O) groups excluding carboxylic acids is 2. The van der Waals surface area contributed by atoms with Crippen molar-refractivity contribution in [1.29, 1.82) is 0 Å². The number of amides is 1. The summed E-state index contributed by atoms with van der Waals surface area (Å²) in [4.78, 5) is 38.7. The number of nitrogens with one attached hydrogen (secondary N) is 2. The van der Waals surface area contributed by atoms with Crippen LogP contribution in [-0.2, 0) is 9.53 Å². The quantitative estimate of drug-likeness (QED) is 0.689. The molecule has 2 N–H and O–H groups in total. The van der Waals surface area contributed by atoms with Crippen LogP contribution in [0.3, 0.4) is 0 Å². The Labute approximate surface area is 151 Å². The summed E-state index contributed by atoms with van der Waals surface area (Å²) < 4.78 is 32.2. The highest BCUT2D eigenvalue weighted by Gasteiger charge is 2.22. The number of halogens is 2. The molecule has 0 unspecified atom stereocenters. The summed E-state index contributed by atoms with van der Waals surface area (Å²) in [5.74, 6) is -3.79. The van der Waals surface area contributed by atoms with Crippen molar-refractivity contribution < 1.29 is 23.1 Å². The van der Waals surface area contributed by atoms with Crippen molar-refractivity contribution in [1.82, 2.24) is 4.98 Å². The molecule has 3 rings (SSSR count). The molecule has 1 heterocycles. The van der Waals surface area contributed by atoms with Crippen LogP contribution in [0.15, 0.2) is 53.3 Å². The second-order valence-corrected chi connectivity index (χ2v) is 5.73. The Balaban J connectivity index is 1.75. The fourth-order valence-corrected chi connectivity index (χ4v) is 2.44. The summed E-state index contributed by atoms with van der Waals surface area (Å²) >= 11 is 0. The average molecular weight is 372 g/mol. The molecule has 0 saturated carbocycles. The van der Waals surface area contributed by atoms with E-state index in [1.165, 1.54) is 13.0 Å². The van der Waals surface area contributed by atoms with Gasteiger partial charge in [0.15, 0.2) is 6.10 Å². The number of hydrogen-bond acceptors (Lipinski definition) is 4. The number of ether oxygens (including phenoxy) is 1. The van der Waals surface area contributed by atoms with Crippen LogP contribution >= 0.6 is 0 Å². The SMILES string of the molecule is C[C@@H](OC(=O)c1cc2ccccc2c(=O)[nH]1)C(=O)Nc1c(F)cccc1F. The topological polar surface area (TPSA) is 88.3 Å². The number of aromatic amines is 1. The second-order valence-electron chi connectivity index (χ2n) is 5.73. The van der Waals surface area contributed by atoms with Gasteiger partial charge in [0.25, 0.3) is 11.5 Å². The summed E-state index contributed by atoms with van der Waals surface area (Å²) in [7, 11) is 0. The Bertz CT molecular complexity index is 1070. The molecule has 6 nitrogen and oxygen atoms in total. The Morgan fingerprint density at radius 3 is 2.44 bits per heavy atom. The number of carbonyl (C=O) groups is 2. The first-order valence-electron chi connectivity index (χ1n) is 7.94. The molecule has 0 saturated heterocycles. The van der Waals surface area contributed by atoms with Gasteiger partial charge in [-0.2, -0.15) is 0 Å². The molecule has 1 amide bonds. The van der Waals surface area contributed by atoms with Crippen LogP contribution in [0.5, 0.6) is 0 Å². The van der Waals surface area contributed by atoms with Gasteiger partial charge in [0.1, 0.15) is 23.0 Å². The molecule has 8 heteroatoms. The highest BCUT2D eigenvalue weighted by Crippen LogP contribution is 2.18. The van der Waals surface area contributed by atoms with Gasteiger partial charge in [0.05, 0.1) is 0 Å². The number of aromatic nitrogens is 1. The minimum Gasteiger partial charge on any atom is -0.448 e. The van der Waals surface area contributed by atoms with Crippen LogP contribution in [0.2, 0.25) is 0 Å². The molecule has 0 bridgehead atoms. The molecule has 0 aliphatic rings. The first-order valence-corrected chi connectivity index (χ1v) is 7.94. The standard InChI is InChI=1S/C19H14F2N2O4/c1-10(17(24)23-16-13(20)7-4-8-14(16)21)27-19(26)15-9-11-5-2-3-6-12(11)18(25)22-15/h2-10H,1H3,(H,22,25)(H,23,24)/t10-/m1/s1. The molecule has 0 fully saturated rings. The van der Waals surface area contributed by atoms with Gasteiger partial charge < -0.3 is 15.0 Å². The van der Waals surface area contributed by atoms with E-state index in [0.717, 1.165) is 18.2 Å². The Kier molecular flexibility index (Phi) is 4.98. The summed E-state index contributed by atoms with van der Waals surface area (Å²) in [6, 6.07) is 11.2. The van der Waals surface area contributed by atoms with Crippen molar-refractivity contribution in [2.24, 2.45) is 0 Å². The Morgan fingerprint density at radius 1 is 1.07 bits per heavy atom. The maximum atomic E-state index is 13.6. The third-order valence-electron chi connectivity index (χ3n) is 3.84. The zero-order valence-electron chi connectivity index (χ0n) is 14.1. The first kappa shape index (κ1) is 18.2. The van der Waals surface area contributed by atoms with Crippen LogP contribution in [0.25, 0.3) is 10.8 Å². The van der Waals surface area contributed by atoms with Crippen molar-refractivity contribution >= 4 is 28.3 Å². The van der Waals surface area contributed by atoms with Gasteiger partial charge in [-0.3, -0.25) is 9.59 Å². The van der Waals surface area contributed by atoms with Gasteiger partial charge in [-0.1, -0.05) is 24.3 Å². The lowest BCUT2D eigenvalue weighted by atomic mass is 10.1. The molecule has 0 spiro atoms. The van der Waals surface area contributed by atoms with Gasteiger partial charge in [0, 0.05) is 5.39 Å². The molecule has 0 aliphatic heterocycles. The molecule has 2 aromatic carbocycles. The number of para-hydroxylation sites is 1. The molecule has 138 valence electrons. The van der Waals surface area contributed by atoms with Crippen LogP contribution in [-0.4, -0.2) is 23.0 Å². The number of benzene rings is 2. The molecule has 1 aromatic heterocycles. The minimum absolute atomic E-state index is 0.143. The van der Waals surface area contributed by atoms with Crippen LogP contribution < -0.4 is 10.9 Å². The second kappa shape index (κ2) is 7.36. The summed E-state index contributed by atoms with van der Waals surface area (Å²) in [6.45, 7) is 1.24. The monoisotopic (exact) mass is 372 g/mol. The lowest BCUT2D eigenvalue weighted by Crippen LogP contribution is -2.31. The van der Waals surface area contributed by atoms with E-state index >= 15 is 0 Å². The zero-order valence-corrected chi connectivity index (χ0v) is 14.1. The van der Waals surface area contributed by atoms with Crippen molar-refractivity contribution in [3.63, 3.8) is 0 Å². The van der Waals surface area contributed by atoms with E-state index in [0.29, 0.717) is 10.8 Å². The van der Waals surface area contributed by atoms with E-state index in [9.17, 15) is 23.2 Å². The summed E-state index contributed by atoms with van der Waals surface area (Å²) in [5, 5.41) is 2.96. The smallest absolute Gasteiger partial charge is 0.355 e. The van der Waals surface area contributed by atoms with Gasteiger partial charge in [0.2, 0.25) is 0 Å². The van der Waals surface area contributed by atoms with Gasteiger partial charge >= 0.3 is 5.97 Å². The lowest BCUT2D eigenvalue weighted by Gasteiger charge is -2.14. The first-order chi connectivity index (χ1) is 12.9. The molecule has 0 aliphatic carbocycles. The van der Waals surface area contributed by atoms with Crippen molar-refractivity contribution in [2.75, 3.05) is 5.32 Å². The van der Waals surface area contributed by atoms with E-state index < -0.39 is 40.9 Å². The molecule has 1 atom stereocenters. The van der Waals surface area contributed by atoms with E-state index in [1.807, 2.05) is 5.32 Å². The lowest BCUT2D eigenvalue weighted by molar-refractivity contribution is -0.123. The van der Waals surface area contributed by atoms with Crippen molar-refractivity contribution in [3.8, 4) is 0 Å². The predicted molar refractivity (Wildman–Crippen MR) is 94.4 cm³/mol. The molecule has 0 radical (unpaired) electrons. The van der Waals surface area contributed by atoms with Gasteiger partial charge in [-0.25, -0.2) is 13.6 Å². The van der Waals surface area contributed by atoms with E-state index in [1.54, 1.807) is 24.3 Å². The number of anilines is 1. The normalized spacial score (nSPS) is 11.8. The Hall–Kier alpha value is -3.55. The van der Waals surface area contributed by atoms with Crippen molar-refractivity contribution in [2.45, 2.75) is 13.0 Å². The maximum absolute atomic E-state index is 13.6. The third kappa shape index (κ3) is 3.84. The maximum Gasteiger partial charge on any atom is 0.355 e. The van der Waals surface area contributed by atoms with E-state index in [-0.39, 0.29) is 5.69 Å². The third-order valence-corrected chi connectivity index (χ3v) is 3.84. The highest BCUT2D eigenvalue weighted by atomic mass is 19.1. The minimum atomic E-state index is -1.36. The summed E-state index contributed by atoms with van der Waals surface area (Å²) in [5.41, 5.74) is -1.26. The molecule has 3 aromatic rings. The van der Waals surface area contributed by atoms with Crippen LogP contribution in [0.4, 0.5) is 14.5 Å². The number of hydrogen-bond donors (Lipinski definition) is 2. The largest absolute Gasteiger partial charge is 0.448 e. The average Bonchev–Trinajstić information content (AvgIpc) is 2.64. The highest BCUT2D eigenvalue weighted by molar-refractivity contribution is 5.98. The summed E-state index contributed by atoms with van der Waals surface area (Å²) in [6.07, 6.45) is -1.36. The molecular formula is C19H14F2N2O4. The van der Waals surface area contributed by atoms with Crippen LogP contribution in [0.1, 0.15) is 17.4 Å². The number of rotatable bonds is 4. The van der Waals surface area contributed by atoms with Crippen molar-refractivity contribution in [3.05, 3.63) is 76.2 Å². The van der Waals surface area contributed by atoms with Gasteiger partial charge in [-0.05, 0) is 36.6 Å². The number of esters is 1. The fraction of sp³-hybridized carbons (Fsp3) is 0.105. The van der Waals surface area contributed by atoms with Crippen LogP contribution in [0, 0.1) is 11.6 Å². The molecular weight excluding hydrogens is 358 g/mol. The number of fused-ring (bicyclic) bond motifs is 1. The number of H-pyrrole nitrogens is 1. The van der Waals surface area contributed by atoms with E-state index in [2.05, 4.69) is 4.98 Å². The van der Waals surface area contributed by atoms with E-state index in [4.69, 9.17) is 4.74 Å². The predicted octanol–water partition coefficient (Wildman–Crippen LogP) is 2.99.